The van der Waals surface area contributed by atoms with Gasteiger partial charge in [0.15, 0.2) is 0 Å². The van der Waals surface area contributed by atoms with Crippen LogP contribution in [-0.2, 0) is 9.53 Å². The summed E-state index contributed by atoms with van der Waals surface area (Å²) in [4.78, 5) is 22.1. The van der Waals surface area contributed by atoms with Crippen LogP contribution in [0.1, 0.15) is 32.1 Å². The molecule has 0 aromatic rings. The molecule has 2 bridgehead atoms. The van der Waals surface area contributed by atoms with Gasteiger partial charge in [-0.05, 0) is 43.9 Å². The van der Waals surface area contributed by atoms with E-state index in [9.17, 15) is 9.59 Å². The number of hydrogen-bond donors (Lipinski definition) is 3. The fourth-order valence-corrected chi connectivity index (χ4v) is 3.12. The topological polar surface area (TPSA) is 102 Å². The molecule has 2 aliphatic carbocycles. The standard InChI is InChI=1S/C15H24N2O4/c16-13(14(18)19)3-1-2-6-17-15(20)21-9-12-8-10-4-5-11(12)7-10/h4-5,10-13H,1-3,6-9,16H2,(H,17,20)(H,18,19)/t10?,11?,12?,13-/m1/s1. The van der Waals surface area contributed by atoms with Crippen LogP contribution in [-0.4, -0.2) is 36.4 Å². The van der Waals surface area contributed by atoms with Gasteiger partial charge in [0.25, 0.3) is 0 Å². The zero-order chi connectivity index (χ0) is 15.2. The molecule has 0 spiro atoms. The number of fused-ring (bicyclic) bond motifs is 2. The van der Waals surface area contributed by atoms with Gasteiger partial charge in [0.05, 0.1) is 6.61 Å². The Morgan fingerprint density at radius 3 is 2.76 bits per heavy atom. The smallest absolute Gasteiger partial charge is 0.407 e. The van der Waals surface area contributed by atoms with Gasteiger partial charge in [-0.15, -0.1) is 0 Å². The number of nitrogens with one attached hydrogen (secondary N) is 1. The number of nitrogens with two attached hydrogens (primary N) is 1. The Morgan fingerprint density at radius 2 is 2.14 bits per heavy atom. The van der Waals surface area contributed by atoms with Gasteiger partial charge in [-0.2, -0.15) is 0 Å². The number of alkyl carbamates (subject to hydrolysis) is 1. The van der Waals surface area contributed by atoms with Gasteiger partial charge < -0.3 is 20.9 Å². The number of aliphatic carboxylic acids is 1. The lowest BCUT2D eigenvalue weighted by Crippen LogP contribution is -2.31. The summed E-state index contributed by atoms with van der Waals surface area (Å²) in [7, 11) is 0. The van der Waals surface area contributed by atoms with Crippen LogP contribution in [0.15, 0.2) is 12.2 Å². The highest BCUT2D eigenvalue weighted by Gasteiger charge is 2.36. The number of rotatable bonds is 8. The van der Waals surface area contributed by atoms with E-state index in [0.29, 0.717) is 50.2 Å². The maximum Gasteiger partial charge on any atom is 0.407 e. The lowest BCUT2D eigenvalue weighted by molar-refractivity contribution is -0.138. The molecule has 0 heterocycles. The molecular formula is C15H24N2O4. The third kappa shape index (κ3) is 4.74. The van der Waals surface area contributed by atoms with Crippen molar-refractivity contribution in [1.82, 2.24) is 5.32 Å². The van der Waals surface area contributed by atoms with Crippen LogP contribution in [0.4, 0.5) is 4.79 Å². The average molecular weight is 296 g/mol. The molecule has 3 unspecified atom stereocenters. The van der Waals surface area contributed by atoms with Gasteiger partial charge in [-0.25, -0.2) is 4.79 Å². The van der Waals surface area contributed by atoms with Crippen LogP contribution >= 0.6 is 0 Å². The molecule has 0 aliphatic heterocycles. The Kier molecular flexibility index (Phi) is 5.61. The van der Waals surface area contributed by atoms with Gasteiger partial charge >= 0.3 is 12.1 Å². The fourth-order valence-electron chi connectivity index (χ4n) is 3.12. The molecular weight excluding hydrogens is 272 g/mol. The largest absolute Gasteiger partial charge is 0.480 e. The highest BCUT2D eigenvalue weighted by atomic mass is 16.5. The SMILES string of the molecule is N[C@H](CCCCNC(=O)OCC1CC2C=CC1C2)C(=O)O. The zero-order valence-electron chi connectivity index (χ0n) is 12.2. The molecule has 1 fully saturated rings. The monoisotopic (exact) mass is 296 g/mol. The third-order valence-electron chi connectivity index (χ3n) is 4.37. The molecule has 6 nitrogen and oxygen atoms in total. The third-order valence-corrected chi connectivity index (χ3v) is 4.37. The fraction of sp³-hybridized carbons (Fsp3) is 0.733. The summed E-state index contributed by atoms with van der Waals surface area (Å²) < 4.78 is 5.24. The number of amides is 1. The molecule has 6 heteroatoms. The number of carboxylic acid groups (broad SMARTS) is 1. The second-order valence-electron chi connectivity index (χ2n) is 6.01. The highest BCUT2D eigenvalue weighted by molar-refractivity contribution is 5.72. The van der Waals surface area contributed by atoms with Gasteiger partial charge in [0.1, 0.15) is 6.04 Å². The molecule has 4 N–H and O–H groups in total. The van der Waals surface area contributed by atoms with Crippen molar-refractivity contribution in [2.24, 2.45) is 23.5 Å². The first-order valence-electron chi connectivity index (χ1n) is 7.63. The van der Waals surface area contributed by atoms with E-state index in [2.05, 4.69) is 17.5 Å². The molecule has 0 aromatic carbocycles. The van der Waals surface area contributed by atoms with E-state index in [1.54, 1.807) is 0 Å². The van der Waals surface area contributed by atoms with Crippen molar-refractivity contribution in [1.29, 1.82) is 0 Å². The maximum absolute atomic E-state index is 11.5. The molecule has 0 saturated heterocycles. The molecule has 2 rings (SSSR count). The van der Waals surface area contributed by atoms with Crippen LogP contribution in [0.5, 0.6) is 0 Å². The van der Waals surface area contributed by atoms with E-state index < -0.39 is 12.0 Å². The average Bonchev–Trinajstić information content (AvgIpc) is 3.06. The van der Waals surface area contributed by atoms with Gasteiger partial charge in [-0.3, -0.25) is 4.79 Å². The van der Waals surface area contributed by atoms with Gasteiger partial charge in [-0.1, -0.05) is 12.2 Å². The summed E-state index contributed by atoms with van der Waals surface area (Å²) in [6.07, 6.45) is 8.25. The first-order chi connectivity index (χ1) is 10.1. The summed E-state index contributed by atoms with van der Waals surface area (Å²) in [5.41, 5.74) is 5.39. The minimum Gasteiger partial charge on any atom is -0.480 e. The van der Waals surface area contributed by atoms with Crippen LogP contribution in [0, 0.1) is 17.8 Å². The van der Waals surface area contributed by atoms with Crippen molar-refractivity contribution in [2.75, 3.05) is 13.2 Å². The molecule has 2 aliphatic rings. The predicted molar refractivity (Wildman–Crippen MR) is 77.7 cm³/mol. The predicted octanol–water partition coefficient (Wildman–Crippen LogP) is 1.51. The molecule has 1 amide bonds. The first-order valence-corrected chi connectivity index (χ1v) is 7.63. The van der Waals surface area contributed by atoms with Crippen LogP contribution in [0.2, 0.25) is 0 Å². The number of ether oxygens (including phenoxy) is 1. The molecule has 21 heavy (non-hydrogen) atoms. The van der Waals surface area contributed by atoms with Crippen LogP contribution in [0.25, 0.3) is 0 Å². The summed E-state index contributed by atoms with van der Waals surface area (Å²) in [5.74, 6) is 0.756. The van der Waals surface area contributed by atoms with Crippen LogP contribution < -0.4 is 11.1 Å². The Hall–Kier alpha value is -1.56. The first kappa shape index (κ1) is 15.8. The quantitative estimate of drug-likeness (QED) is 0.465. The zero-order valence-corrected chi connectivity index (χ0v) is 12.2. The summed E-state index contributed by atoms with van der Waals surface area (Å²) in [5, 5.41) is 11.3. The van der Waals surface area contributed by atoms with Crippen molar-refractivity contribution >= 4 is 12.1 Å². The van der Waals surface area contributed by atoms with Crippen molar-refractivity contribution in [3.05, 3.63) is 12.2 Å². The van der Waals surface area contributed by atoms with Gasteiger partial charge in [0.2, 0.25) is 0 Å². The molecule has 4 atom stereocenters. The maximum atomic E-state index is 11.5. The Morgan fingerprint density at radius 1 is 1.33 bits per heavy atom. The van der Waals surface area contributed by atoms with E-state index in [1.165, 1.54) is 6.42 Å². The molecule has 118 valence electrons. The number of carbonyl (C=O) groups is 2. The van der Waals surface area contributed by atoms with Crippen molar-refractivity contribution < 1.29 is 19.4 Å². The van der Waals surface area contributed by atoms with Crippen LogP contribution in [0.3, 0.4) is 0 Å². The summed E-state index contributed by atoms with van der Waals surface area (Å²) >= 11 is 0. The summed E-state index contributed by atoms with van der Waals surface area (Å²) in [6, 6.07) is -0.817. The van der Waals surface area contributed by atoms with E-state index in [1.807, 2.05) is 0 Å². The number of allylic oxidation sites excluding steroid dienone is 2. The van der Waals surface area contributed by atoms with Crippen molar-refractivity contribution in [3.8, 4) is 0 Å². The van der Waals surface area contributed by atoms with Crippen molar-refractivity contribution in [2.45, 2.75) is 38.1 Å². The Labute approximate surface area is 124 Å². The van der Waals surface area contributed by atoms with E-state index in [-0.39, 0.29) is 6.09 Å². The Balaban J connectivity index is 1.48. The molecule has 1 saturated carbocycles. The molecule has 0 aromatic heterocycles. The van der Waals surface area contributed by atoms with Crippen molar-refractivity contribution in [3.63, 3.8) is 0 Å². The summed E-state index contributed by atoms with van der Waals surface area (Å²) in [6.45, 7) is 0.975. The second-order valence-corrected chi connectivity index (χ2v) is 6.01. The number of hydrogen-bond acceptors (Lipinski definition) is 4. The highest BCUT2D eigenvalue weighted by Crippen LogP contribution is 2.43. The number of carbonyl (C=O) groups excluding carboxylic acids is 1. The van der Waals surface area contributed by atoms with E-state index >= 15 is 0 Å². The lowest BCUT2D eigenvalue weighted by atomic mass is 9.95. The molecule has 0 radical (unpaired) electrons. The minimum atomic E-state index is -0.984. The second kappa shape index (κ2) is 7.45. The number of carboxylic acids is 1. The lowest BCUT2D eigenvalue weighted by Gasteiger charge is -2.17. The number of unbranched alkanes of at least 4 members (excludes halogenated alkanes) is 1. The normalized spacial score (nSPS) is 27.6. The van der Waals surface area contributed by atoms with E-state index in [0.717, 1.165) is 6.42 Å². The minimum absolute atomic E-state index is 0.385. The van der Waals surface area contributed by atoms with E-state index in [4.69, 9.17) is 15.6 Å². The Bertz CT molecular complexity index is 410. The van der Waals surface area contributed by atoms with Gasteiger partial charge in [0, 0.05) is 12.5 Å².